The summed E-state index contributed by atoms with van der Waals surface area (Å²) in [7, 11) is 1.59. The number of benzene rings is 2. The largest absolute Gasteiger partial charge is 0.497 e. The Morgan fingerprint density at radius 2 is 1.93 bits per heavy atom. The minimum atomic E-state index is -0.593. The van der Waals surface area contributed by atoms with E-state index in [4.69, 9.17) is 4.74 Å². The molecule has 1 heterocycles. The van der Waals surface area contributed by atoms with Crippen LogP contribution in [0.25, 0.3) is 0 Å². The first kappa shape index (κ1) is 20.9. The number of hydrogen-bond acceptors (Lipinski definition) is 3. The number of hydrogen-bond donors (Lipinski definition) is 3. The molecule has 0 spiro atoms. The fraction of sp³-hybridized carbons (Fsp3) is 0.391. The summed E-state index contributed by atoms with van der Waals surface area (Å²) >= 11 is 0. The van der Waals surface area contributed by atoms with Gasteiger partial charge in [0.2, 0.25) is 5.91 Å². The third-order valence-electron chi connectivity index (χ3n) is 5.65. The van der Waals surface area contributed by atoms with Crippen LogP contribution in [0.2, 0.25) is 0 Å². The molecule has 0 fully saturated rings. The van der Waals surface area contributed by atoms with Crippen LogP contribution in [0.3, 0.4) is 0 Å². The number of carbonyl (C=O) groups is 2. The molecule has 29 heavy (non-hydrogen) atoms. The molecule has 2 aromatic carbocycles. The standard InChI is InChI=1S/C23H29N3O3/c1-4-15(2)21(23(28)25-18-10-7-11-19(13-18)29-3)26-22(27)20-12-16-8-5-6-9-17(16)14-24-20/h5-11,13,15,20-21,24H,4,12,14H2,1-3H3,(H,25,28)(H,26,27)/p+1/t15-,20+,21+/m1/s1. The van der Waals surface area contributed by atoms with E-state index in [1.807, 2.05) is 49.5 Å². The molecule has 2 aromatic rings. The van der Waals surface area contributed by atoms with Gasteiger partial charge in [0.25, 0.3) is 5.91 Å². The Morgan fingerprint density at radius 3 is 2.66 bits per heavy atom. The number of quaternary nitrogens is 1. The molecule has 1 aliphatic rings. The molecule has 4 N–H and O–H groups in total. The zero-order valence-electron chi connectivity index (χ0n) is 17.3. The summed E-state index contributed by atoms with van der Waals surface area (Å²) in [6.07, 6.45) is 1.46. The van der Waals surface area contributed by atoms with Gasteiger partial charge in [-0.2, -0.15) is 0 Å². The minimum Gasteiger partial charge on any atom is -0.497 e. The number of methoxy groups -OCH3 is 1. The van der Waals surface area contributed by atoms with Crippen molar-refractivity contribution in [1.82, 2.24) is 5.32 Å². The zero-order chi connectivity index (χ0) is 20.8. The maximum Gasteiger partial charge on any atom is 0.279 e. The van der Waals surface area contributed by atoms with Gasteiger partial charge in [0.1, 0.15) is 18.3 Å². The Bertz CT molecular complexity index is 868. The number of fused-ring (bicyclic) bond motifs is 1. The summed E-state index contributed by atoms with van der Waals surface area (Å²) in [4.78, 5) is 25.9. The van der Waals surface area contributed by atoms with E-state index in [0.29, 0.717) is 17.9 Å². The molecule has 6 heteroatoms. The zero-order valence-corrected chi connectivity index (χ0v) is 17.3. The highest BCUT2D eigenvalue weighted by Gasteiger charge is 2.33. The van der Waals surface area contributed by atoms with Crippen molar-refractivity contribution < 1.29 is 19.6 Å². The molecule has 0 saturated heterocycles. The molecule has 3 atom stereocenters. The molecule has 0 bridgehead atoms. The van der Waals surface area contributed by atoms with Crippen molar-refractivity contribution in [3.05, 3.63) is 59.7 Å². The van der Waals surface area contributed by atoms with Crippen LogP contribution in [-0.2, 0) is 22.6 Å². The highest BCUT2D eigenvalue weighted by molar-refractivity contribution is 5.98. The molecule has 0 saturated carbocycles. The van der Waals surface area contributed by atoms with Gasteiger partial charge in [-0.05, 0) is 23.6 Å². The van der Waals surface area contributed by atoms with Gasteiger partial charge in [-0.1, -0.05) is 50.6 Å². The Labute approximate surface area is 172 Å². The number of nitrogens with one attached hydrogen (secondary N) is 2. The molecule has 0 radical (unpaired) electrons. The number of ether oxygens (including phenoxy) is 1. The highest BCUT2D eigenvalue weighted by Crippen LogP contribution is 2.19. The van der Waals surface area contributed by atoms with Gasteiger partial charge in [0.05, 0.1) is 7.11 Å². The van der Waals surface area contributed by atoms with Gasteiger partial charge in [-0.15, -0.1) is 0 Å². The summed E-state index contributed by atoms with van der Waals surface area (Å²) in [6, 6.07) is 14.6. The maximum atomic E-state index is 13.0. The van der Waals surface area contributed by atoms with E-state index >= 15 is 0 Å². The SMILES string of the molecule is CC[C@@H](C)[C@H](NC(=O)[C@@H]1Cc2ccccc2C[NH2+]1)C(=O)Nc1cccc(OC)c1. The van der Waals surface area contributed by atoms with Crippen LogP contribution in [-0.4, -0.2) is 31.0 Å². The van der Waals surface area contributed by atoms with Crippen molar-refractivity contribution in [3.8, 4) is 5.75 Å². The summed E-state index contributed by atoms with van der Waals surface area (Å²) < 4.78 is 5.21. The van der Waals surface area contributed by atoms with Crippen LogP contribution in [0.1, 0.15) is 31.4 Å². The third kappa shape index (κ3) is 5.15. The van der Waals surface area contributed by atoms with Crippen LogP contribution in [0, 0.1) is 5.92 Å². The lowest BCUT2D eigenvalue weighted by molar-refractivity contribution is -0.695. The molecule has 1 aliphatic heterocycles. The number of rotatable bonds is 7. The molecule has 0 aromatic heterocycles. The lowest BCUT2D eigenvalue weighted by atomic mass is 9.94. The van der Waals surface area contributed by atoms with Gasteiger partial charge in [-0.25, -0.2) is 0 Å². The topological polar surface area (TPSA) is 84.0 Å². The van der Waals surface area contributed by atoms with Crippen molar-refractivity contribution >= 4 is 17.5 Å². The first-order valence-corrected chi connectivity index (χ1v) is 10.2. The van der Waals surface area contributed by atoms with E-state index < -0.39 is 6.04 Å². The van der Waals surface area contributed by atoms with Gasteiger partial charge in [0.15, 0.2) is 6.04 Å². The van der Waals surface area contributed by atoms with Crippen molar-refractivity contribution in [3.63, 3.8) is 0 Å². The first-order chi connectivity index (χ1) is 14.0. The van der Waals surface area contributed by atoms with E-state index in [2.05, 4.69) is 22.8 Å². The second-order valence-electron chi connectivity index (χ2n) is 7.61. The summed E-state index contributed by atoms with van der Waals surface area (Å²) in [6.45, 7) is 4.78. The van der Waals surface area contributed by atoms with Crippen LogP contribution in [0.15, 0.2) is 48.5 Å². The lowest BCUT2D eigenvalue weighted by Crippen LogP contribution is -2.93. The smallest absolute Gasteiger partial charge is 0.279 e. The summed E-state index contributed by atoms with van der Waals surface area (Å²) in [5.41, 5.74) is 3.12. The van der Waals surface area contributed by atoms with Gasteiger partial charge < -0.3 is 20.7 Å². The molecule has 6 nitrogen and oxygen atoms in total. The van der Waals surface area contributed by atoms with Gasteiger partial charge >= 0.3 is 0 Å². The molecular weight excluding hydrogens is 366 g/mol. The lowest BCUT2D eigenvalue weighted by Gasteiger charge is -2.27. The second-order valence-corrected chi connectivity index (χ2v) is 7.61. The fourth-order valence-corrected chi connectivity index (χ4v) is 3.63. The first-order valence-electron chi connectivity index (χ1n) is 10.2. The highest BCUT2D eigenvalue weighted by atomic mass is 16.5. The van der Waals surface area contributed by atoms with Crippen LogP contribution in [0.4, 0.5) is 5.69 Å². The maximum absolute atomic E-state index is 13.0. The van der Waals surface area contributed by atoms with Crippen LogP contribution < -0.4 is 20.7 Å². The summed E-state index contributed by atoms with van der Waals surface area (Å²) in [5.74, 6) is 0.380. The summed E-state index contributed by atoms with van der Waals surface area (Å²) in [5, 5.41) is 7.96. The van der Waals surface area contributed by atoms with Crippen molar-refractivity contribution in [2.24, 2.45) is 5.92 Å². The van der Waals surface area contributed by atoms with Crippen molar-refractivity contribution in [2.45, 2.75) is 45.3 Å². The number of amides is 2. The second kappa shape index (κ2) is 9.56. The average Bonchev–Trinajstić information content (AvgIpc) is 2.76. The normalized spacial score (nSPS) is 17.6. The van der Waals surface area contributed by atoms with Gasteiger partial charge in [-0.3, -0.25) is 9.59 Å². The molecule has 0 unspecified atom stereocenters. The monoisotopic (exact) mass is 396 g/mol. The fourth-order valence-electron chi connectivity index (χ4n) is 3.63. The van der Waals surface area contributed by atoms with E-state index in [1.165, 1.54) is 11.1 Å². The van der Waals surface area contributed by atoms with E-state index in [0.717, 1.165) is 13.0 Å². The number of carbonyl (C=O) groups excluding carboxylic acids is 2. The Hall–Kier alpha value is -2.86. The van der Waals surface area contributed by atoms with Crippen LogP contribution in [0.5, 0.6) is 5.75 Å². The molecule has 154 valence electrons. The molecule has 2 amide bonds. The number of nitrogens with two attached hydrogens (primary N) is 1. The molecular formula is C23H30N3O3+. The van der Waals surface area contributed by atoms with Gasteiger partial charge in [0, 0.05) is 23.7 Å². The van der Waals surface area contributed by atoms with Crippen LogP contribution >= 0.6 is 0 Å². The third-order valence-corrected chi connectivity index (χ3v) is 5.65. The van der Waals surface area contributed by atoms with E-state index in [1.54, 1.807) is 13.2 Å². The Balaban J connectivity index is 1.68. The van der Waals surface area contributed by atoms with Crippen molar-refractivity contribution in [2.75, 3.05) is 12.4 Å². The molecule has 0 aliphatic carbocycles. The van der Waals surface area contributed by atoms with Crippen molar-refractivity contribution in [1.29, 1.82) is 0 Å². The average molecular weight is 397 g/mol. The Kier molecular flexibility index (Phi) is 6.88. The van der Waals surface area contributed by atoms with E-state index in [9.17, 15) is 9.59 Å². The number of anilines is 1. The predicted octanol–water partition coefficient (Wildman–Crippen LogP) is 1.85. The predicted molar refractivity (Wildman–Crippen MR) is 113 cm³/mol. The minimum absolute atomic E-state index is 0.0143. The Morgan fingerprint density at radius 1 is 1.17 bits per heavy atom. The quantitative estimate of drug-likeness (QED) is 0.668. The van der Waals surface area contributed by atoms with E-state index in [-0.39, 0.29) is 23.8 Å². The molecule has 3 rings (SSSR count).